The molecule has 0 spiro atoms. The molecule has 0 aliphatic rings. The number of fused-ring (bicyclic) bond motifs is 1. The van der Waals surface area contributed by atoms with Crippen molar-refractivity contribution in [2.24, 2.45) is 0 Å². The maximum atomic E-state index is 12.1. The minimum Gasteiger partial charge on any atom is -0.431 e. The molecular formula is C15H21N3O4S2. The molecular weight excluding hydrogens is 350 g/mol. The Bertz CT molecular complexity index is 830. The van der Waals surface area contributed by atoms with Gasteiger partial charge in [-0.3, -0.25) is 4.79 Å². The molecule has 0 saturated carbocycles. The molecule has 2 rings (SSSR count). The second kappa shape index (κ2) is 7.54. The lowest BCUT2D eigenvalue weighted by atomic mass is 10.3. The van der Waals surface area contributed by atoms with Crippen molar-refractivity contribution in [1.29, 1.82) is 0 Å². The molecule has 1 atom stereocenters. The number of carbonyl (C=O) groups is 1. The van der Waals surface area contributed by atoms with Crippen LogP contribution >= 0.6 is 11.8 Å². The van der Waals surface area contributed by atoms with Crippen LogP contribution in [0.2, 0.25) is 0 Å². The molecule has 0 aliphatic heterocycles. The number of hydrogen-bond acceptors (Lipinski definition) is 6. The lowest BCUT2D eigenvalue weighted by Crippen LogP contribution is -2.33. The largest absolute Gasteiger partial charge is 0.431 e. The first-order chi connectivity index (χ1) is 11.2. The summed E-state index contributed by atoms with van der Waals surface area (Å²) in [7, 11) is -0.577. The summed E-state index contributed by atoms with van der Waals surface area (Å²) in [5, 5.41) is 3.20. The zero-order chi connectivity index (χ0) is 17.9. The Hall–Kier alpha value is -1.58. The molecule has 0 fully saturated rings. The summed E-state index contributed by atoms with van der Waals surface area (Å²) in [6.07, 6.45) is 0.864. The Morgan fingerprint density at radius 3 is 2.75 bits per heavy atom. The van der Waals surface area contributed by atoms with E-state index in [2.05, 4.69) is 10.3 Å². The molecule has 0 bridgehead atoms. The quantitative estimate of drug-likeness (QED) is 0.749. The number of carbonyl (C=O) groups excluding carboxylic acids is 1. The minimum atomic E-state index is -3.52. The van der Waals surface area contributed by atoms with Crippen molar-refractivity contribution in [1.82, 2.24) is 14.6 Å². The van der Waals surface area contributed by atoms with Crippen molar-refractivity contribution in [3.05, 3.63) is 18.2 Å². The topological polar surface area (TPSA) is 92.5 Å². The highest BCUT2D eigenvalue weighted by Crippen LogP contribution is 2.26. The SMILES string of the molecule is CC[C@H](C)NC(=O)CSc1nc2cc(S(=O)(=O)N(C)C)ccc2o1. The summed E-state index contributed by atoms with van der Waals surface area (Å²) in [6.45, 7) is 3.94. The molecule has 9 heteroatoms. The highest BCUT2D eigenvalue weighted by Gasteiger charge is 2.19. The number of rotatable bonds is 7. The van der Waals surface area contributed by atoms with E-state index in [-0.39, 0.29) is 22.6 Å². The Balaban J connectivity index is 2.13. The number of sulfonamides is 1. The van der Waals surface area contributed by atoms with Crippen LogP contribution in [-0.2, 0) is 14.8 Å². The van der Waals surface area contributed by atoms with Crippen LogP contribution in [0.3, 0.4) is 0 Å². The van der Waals surface area contributed by atoms with Gasteiger partial charge in [-0.25, -0.2) is 17.7 Å². The predicted molar refractivity (Wildman–Crippen MR) is 93.5 cm³/mol. The maximum absolute atomic E-state index is 12.1. The average molecular weight is 371 g/mol. The van der Waals surface area contributed by atoms with Crippen LogP contribution in [0, 0.1) is 0 Å². The summed E-state index contributed by atoms with van der Waals surface area (Å²) < 4.78 is 31.0. The van der Waals surface area contributed by atoms with E-state index in [1.54, 1.807) is 6.07 Å². The van der Waals surface area contributed by atoms with Crippen molar-refractivity contribution in [2.45, 2.75) is 36.4 Å². The van der Waals surface area contributed by atoms with Gasteiger partial charge in [0.25, 0.3) is 5.22 Å². The van der Waals surface area contributed by atoms with Gasteiger partial charge < -0.3 is 9.73 Å². The smallest absolute Gasteiger partial charge is 0.257 e. The zero-order valence-corrected chi connectivity index (χ0v) is 15.7. The summed E-state index contributed by atoms with van der Waals surface area (Å²) >= 11 is 1.18. The van der Waals surface area contributed by atoms with E-state index in [0.717, 1.165) is 10.7 Å². The van der Waals surface area contributed by atoms with Gasteiger partial charge in [-0.2, -0.15) is 0 Å². The molecule has 0 saturated heterocycles. The molecule has 1 heterocycles. The zero-order valence-electron chi connectivity index (χ0n) is 14.1. The van der Waals surface area contributed by atoms with E-state index in [0.29, 0.717) is 16.3 Å². The van der Waals surface area contributed by atoms with Crippen LogP contribution in [0.4, 0.5) is 0 Å². The van der Waals surface area contributed by atoms with Gasteiger partial charge in [0.1, 0.15) is 5.52 Å². The lowest BCUT2D eigenvalue weighted by molar-refractivity contribution is -0.119. The van der Waals surface area contributed by atoms with Gasteiger partial charge in [0, 0.05) is 20.1 Å². The fraction of sp³-hybridized carbons (Fsp3) is 0.467. The third-order valence-corrected chi connectivity index (χ3v) is 6.10. The molecule has 0 radical (unpaired) electrons. The molecule has 0 aliphatic carbocycles. The fourth-order valence-corrected chi connectivity index (χ4v) is 3.44. The van der Waals surface area contributed by atoms with E-state index in [1.807, 2.05) is 13.8 Å². The monoisotopic (exact) mass is 371 g/mol. The number of hydrogen-bond donors (Lipinski definition) is 1. The van der Waals surface area contributed by atoms with Crippen LogP contribution < -0.4 is 5.32 Å². The molecule has 1 N–H and O–H groups in total. The maximum Gasteiger partial charge on any atom is 0.257 e. The van der Waals surface area contributed by atoms with Crippen molar-refractivity contribution < 1.29 is 17.6 Å². The van der Waals surface area contributed by atoms with E-state index in [1.165, 1.54) is 38.0 Å². The Morgan fingerprint density at radius 1 is 1.42 bits per heavy atom. The summed E-state index contributed by atoms with van der Waals surface area (Å²) in [5.41, 5.74) is 0.931. The lowest BCUT2D eigenvalue weighted by Gasteiger charge is -2.10. The molecule has 1 aromatic heterocycles. The van der Waals surface area contributed by atoms with Gasteiger partial charge >= 0.3 is 0 Å². The highest BCUT2D eigenvalue weighted by molar-refractivity contribution is 7.99. The molecule has 0 unspecified atom stereocenters. The van der Waals surface area contributed by atoms with Gasteiger partial charge in [0.15, 0.2) is 5.58 Å². The number of oxazole rings is 1. The van der Waals surface area contributed by atoms with Gasteiger partial charge in [0.2, 0.25) is 15.9 Å². The normalized spacial score (nSPS) is 13.4. The fourth-order valence-electron chi connectivity index (χ4n) is 1.86. The second-order valence-corrected chi connectivity index (χ2v) is 8.64. The summed E-state index contributed by atoms with van der Waals surface area (Å²) in [4.78, 5) is 16.2. The first-order valence-electron chi connectivity index (χ1n) is 7.49. The number of nitrogens with zero attached hydrogens (tertiary/aromatic N) is 2. The molecule has 1 amide bonds. The Morgan fingerprint density at radius 2 is 2.12 bits per heavy atom. The number of thioether (sulfide) groups is 1. The number of nitrogens with one attached hydrogen (secondary N) is 1. The van der Waals surface area contributed by atoms with Gasteiger partial charge in [0.05, 0.1) is 10.6 Å². The first-order valence-corrected chi connectivity index (χ1v) is 9.92. The molecule has 132 valence electrons. The van der Waals surface area contributed by atoms with Crippen molar-refractivity contribution >= 4 is 38.8 Å². The van der Waals surface area contributed by atoms with Crippen molar-refractivity contribution in [3.63, 3.8) is 0 Å². The molecule has 1 aromatic carbocycles. The van der Waals surface area contributed by atoms with Crippen LogP contribution in [0.25, 0.3) is 11.1 Å². The van der Waals surface area contributed by atoms with Crippen LogP contribution in [0.5, 0.6) is 0 Å². The van der Waals surface area contributed by atoms with E-state index < -0.39 is 10.0 Å². The van der Waals surface area contributed by atoms with Crippen molar-refractivity contribution in [2.75, 3.05) is 19.8 Å². The Labute approximate surface area is 145 Å². The third-order valence-electron chi connectivity index (χ3n) is 3.46. The minimum absolute atomic E-state index is 0.0903. The number of benzene rings is 1. The van der Waals surface area contributed by atoms with E-state index in [4.69, 9.17) is 4.42 Å². The van der Waals surface area contributed by atoms with Gasteiger partial charge in [-0.1, -0.05) is 18.7 Å². The second-order valence-electron chi connectivity index (χ2n) is 5.56. The van der Waals surface area contributed by atoms with Crippen molar-refractivity contribution in [3.8, 4) is 0 Å². The van der Waals surface area contributed by atoms with Crippen LogP contribution in [0.1, 0.15) is 20.3 Å². The third kappa shape index (κ3) is 4.28. The van der Waals surface area contributed by atoms with E-state index in [9.17, 15) is 13.2 Å². The first kappa shape index (κ1) is 18.8. The average Bonchev–Trinajstić information content (AvgIpc) is 2.94. The van der Waals surface area contributed by atoms with Crippen LogP contribution in [0.15, 0.2) is 32.7 Å². The number of amides is 1. The highest BCUT2D eigenvalue weighted by atomic mass is 32.2. The summed E-state index contributed by atoms with van der Waals surface area (Å²) in [5.74, 6) is 0.104. The summed E-state index contributed by atoms with van der Waals surface area (Å²) in [6, 6.07) is 4.65. The van der Waals surface area contributed by atoms with E-state index >= 15 is 0 Å². The molecule has 7 nitrogen and oxygen atoms in total. The molecule has 24 heavy (non-hydrogen) atoms. The van der Waals surface area contributed by atoms with Gasteiger partial charge in [-0.05, 0) is 31.5 Å². The Kier molecular flexibility index (Phi) is 5.89. The number of aromatic nitrogens is 1. The van der Waals surface area contributed by atoms with Gasteiger partial charge in [-0.15, -0.1) is 0 Å². The van der Waals surface area contributed by atoms with Crippen LogP contribution in [-0.4, -0.2) is 49.5 Å². The standard InChI is InChI=1S/C15H21N3O4S2/c1-5-10(2)16-14(19)9-23-15-17-12-8-11(6-7-13(12)22-15)24(20,21)18(3)4/h6-8,10H,5,9H2,1-4H3,(H,16,19)/t10-/m0/s1. The molecule has 2 aromatic rings. The predicted octanol–water partition coefficient (Wildman–Crippen LogP) is 2.08.